The largest absolute Gasteiger partial charge is 0.252 e. The zero-order valence-corrected chi connectivity index (χ0v) is 76.2. The van der Waals surface area contributed by atoms with Crippen LogP contribution in [0.25, 0.3) is 165 Å². The molecular formula is C114H113N10+5. The van der Waals surface area contributed by atoms with Gasteiger partial charge in [-0.05, 0) is 192 Å². The lowest BCUT2D eigenvalue weighted by atomic mass is 9.87. The predicted molar refractivity (Wildman–Crippen MR) is 519 cm³/mol. The van der Waals surface area contributed by atoms with Gasteiger partial charge in [-0.3, -0.25) is 24.9 Å². The van der Waals surface area contributed by atoms with Crippen LogP contribution in [0.15, 0.2) is 274 Å². The third-order valence-corrected chi connectivity index (χ3v) is 25.0. The molecule has 10 nitrogen and oxygen atoms in total. The van der Waals surface area contributed by atoms with Gasteiger partial charge in [0.15, 0.2) is 31.0 Å². The molecule has 0 saturated heterocycles. The molecule has 0 bridgehead atoms. The van der Waals surface area contributed by atoms with Gasteiger partial charge in [0.05, 0.1) is 55.4 Å². The van der Waals surface area contributed by atoms with Crippen LogP contribution < -0.4 is 22.8 Å². The molecule has 10 aromatic heterocycles. The van der Waals surface area contributed by atoms with Gasteiger partial charge in [0.25, 0.3) is 0 Å². The molecule has 614 valence electrons. The van der Waals surface area contributed by atoms with E-state index in [2.05, 4.69) is 449 Å². The van der Waals surface area contributed by atoms with Crippen molar-refractivity contribution in [1.82, 2.24) is 24.9 Å². The number of aryl methyl sites for hydroxylation is 19. The Hall–Kier alpha value is -13.7. The highest BCUT2D eigenvalue weighted by molar-refractivity contribution is 6.15. The van der Waals surface area contributed by atoms with Gasteiger partial charge in [-0.2, -0.15) is 0 Å². The van der Waals surface area contributed by atoms with E-state index in [1.54, 1.807) is 0 Å². The average Bonchev–Trinajstić information content (AvgIpc) is 0.767. The van der Waals surface area contributed by atoms with E-state index in [1.807, 2.05) is 0 Å². The Morgan fingerprint density at radius 2 is 0.508 bits per heavy atom. The molecule has 10 aromatic carbocycles. The predicted octanol–water partition coefficient (Wildman–Crippen LogP) is 25.3. The topological polar surface area (TPSA) is 83.8 Å². The Morgan fingerprint density at radius 1 is 0.218 bits per heavy atom. The lowest BCUT2D eigenvalue weighted by molar-refractivity contribution is -0.660. The number of fused-ring (bicyclic) bond motifs is 15. The number of hydrogen-bond donors (Lipinski definition) is 0. The second-order valence-electron chi connectivity index (χ2n) is 35.5. The summed E-state index contributed by atoms with van der Waals surface area (Å²) >= 11 is 0. The maximum absolute atomic E-state index is 5.07. The first-order chi connectivity index (χ1) is 59.5. The van der Waals surface area contributed by atoms with E-state index in [0.29, 0.717) is 0 Å². The van der Waals surface area contributed by atoms with Crippen LogP contribution >= 0.6 is 0 Å². The van der Waals surface area contributed by atoms with E-state index in [0.717, 1.165) is 62.5 Å². The van der Waals surface area contributed by atoms with Crippen LogP contribution in [0.1, 0.15) is 105 Å². The van der Waals surface area contributed by atoms with Crippen LogP contribution in [-0.2, 0) is 41.7 Å². The van der Waals surface area contributed by atoms with Gasteiger partial charge in [-0.1, -0.05) is 203 Å². The quantitative estimate of drug-likeness (QED) is 0.122. The van der Waals surface area contributed by atoms with Crippen molar-refractivity contribution in [3.8, 4) is 56.3 Å². The van der Waals surface area contributed by atoms with Crippen molar-refractivity contribution in [1.29, 1.82) is 0 Å². The van der Waals surface area contributed by atoms with Gasteiger partial charge in [0, 0.05) is 142 Å². The summed E-state index contributed by atoms with van der Waals surface area (Å²) in [6.45, 7) is 36.8. The zero-order chi connectivity index (χ0) is 87.4. The number of aromatic nitrogens is 10. The summed E-state index contributed by atoms with van der Waals surface area (Å²) in [5.74, 6) is 0. The van der Waals surface area contributed by atoms with E-state index in [-0.39, 0.29) is 5.41 Å². The lowest BCUT2D eigenvalue weighted by Gasteiger charge is -2.18. The van der Waals surface area contributed by atoms with Gasteiger partial charge in [-0.15, -0.1) is 0 Å². The molecule has 0 spiro atoms. The molecule has 0 fully saturated rings. The third-order valence-electron chi connectivity index (χ3n) is 25.0. The fourth-order valence-corrected chi connectivity index (χ4v) is 18.5. The average molecular weight is 1620 g/mol. The van der Waals surface area contributed by atoms with Crippen LogP contribution in [0, 0.1) is 102 Å². The van der Waals surface area contributed by atoms with Crippen molar-refractivity contribution in [3.05, 3.63) is 358 Å². The molecule has 20 aromatic rings. The summed E-state index contributed by atoms with van der Waals surface area (Å²) in [5, 5.41) is 18.6. The Bertz CT molecular complexity index is 7680. The molecule has 0 saturated carbocycles. The molecule has 0 amide bonds. The van der Waals surface area contributed by atoms with Crippen LogP contribution in [-0.4, -0.2) is 24.9 Å². The lowest BCUT2D eigenvalue weighted by Crippen LogP contribution is -2.31. The summed E-state index contributed by atoms with van der Waals surface area (Å²) in [4.78, 5) is 25.1. The molecule has 0 unspecified atom stereocenters. The zero-order valence-electron chi connectivity index (χ0n) is 76.2. The molecule has 124 heavy (non-hydrogen) atoms. The van der Waals surface area contributed by atoms with Gasteiger partial charge in [0.2, 0.25) is 28.5 Å². The Labute approximate surface area is 730 Å². The molecule has 10 heterocycles. The Kier molecular flexibility index (Phi) is 23.2. The molecule has 0 atom stereocenters. The molecule has 0 aliphatic rings. The molecule has 0 N–H and O–H groups in total. The highest BCUT2D eigenvalue weighted by Gasteiger charge is 2.27. The maximum Gasteiger partial charge on any atom is 0.215 e. The highest BCUT2D eigenvalue weighted by Crippen LogP contribution is 2.41. The number of pyridine rings is 10. The molecule has 10 heteroatoms. The monoisotopic (exact) mass is 1620 g/mol. The first-order valence-corrected chi connectivity index (χ1v) is 43.3. The van der Waals surface area contributed by atoms with E-state index >= 15 is 0 Å². The Balaban J connectivity index is 0.000000115. The summed E-state index contributed by atoms with van der Waals surface area (Å²) in [6.07, 6.45) is 11.8. The summed E-state index contributed by atoms with van der Waals surface area (Å²) in [5.41, 5.74) is 36.1. The van der Waals surface area contributed by atoms with Gasteiger partial charge >= 0.3 is 0 Å². The second-order valence-corrected chi connectivity index (χ2v) is 35.5. The second kappa shape index (κ2) is 34.3. The number of nitrogens with zero attached hydrogens (tertiary/aromatic N) is 10. The van der Waals surface area contributed by atoms with Crippen LogP contribution in [0.4, 0.5) is 0 Å². The van der Waals surface area contributed by atoms with Crippen LogP contribution in [0.2, 0.25) is 0 Å². The number of benzene rings is 10. The standard InChI is InChI=1S/C26H29N2.C23H23N2.2C22H21N2.C21H19N2/c1-17-11-12-22-21-10-8-7-9-20(21)18(2)27-25(22)24(17)23-15-19(13-14-28(23)6)16-26(3,4)5;1-14-10-11-20-19-9-7-6-8-18(19)17(4)24-23(20)22(14)21-12-15(2)16(3)13-25(21)5;1-14-9-12-20(24(4)13-14)21-15(2)10-11-19-18-8-6-5-7-17(18)16(3)23-22(19)21;1-14-11-12-24(4)20(13-14)21-15(2)9-10-19-18-8-6-5-7-17(18)16(3)23-22(19)21;1-14-11-12-18-17-9-5-4-8-16(17)15(2)22-21(18)20(14)19-10-6-7-13-23(19)3/h7-15H,16H2,1-6H3;6-13H,1-5H3;2*5-13H,1-4H3;4-13H,1-3H3/q5*+1. The van der Waals surface area contributed by atoms with Crippen LogP contribution in [0.5, 0.6) is 0 Å². The minimum absolute atomic E-state index is 0.260. The third kappa shape index (κ3) is 16.2. The minimum Gasteiger partial charge on any atom is -0.252 e. The SMILES string of the molecule is Cc1cc(-c2c(C)ccc3c2nc(C)c2ccccc23)[n+](C)cc1C.Cc1cc[n+](C)c(-c2c(C)ccc3c2nc(C)c2ccccc23)c1.Cc1ccc(-c2c(C)ccc3c2nc(C)c2ccccc23)[n+](C)c1.Cc1ccc2c(nc(C)c3ccccc32)c1-c1cc(CC(C)(C)C)cc[n+]1C.Cc1ccc2c(nc(C)c3ccccc32)c1-c1cccc[n+]1C. The Morgan fingerprint density at radius 3 is 0.847 bits per heavy atom. The van der Waals surface area contributed by atoms with Crippen molar-refractivity contribution in [2.24, 2.45) is 40.7 Å². The summed E-state index contributed by atoms with van der Waals surface area (Å²) in [6, 6.07) is 86.8. The number of rotatable bonds is 6. The van der Waals surface area contributed by atoms with Crippen molar-refractivity contribution in [2.45, 2.75) is 124 Å². The van der Waals surface area contributed by atoms with E-state index in [4.69, 9.17) is 24.9 Å². The van der Waals surface area contributed by atoms with Crippen molar-refractivity contribution in [2.75, 3.05) is 0 Å². The first kappa shape index (κ1) is 83.9. The molecule has 0 aliphatic heterocycles. The molecular weight excluding hydrogens is 1510 g/mol. The van der Waals surface area contributed by atoms with Crippen molar-refractivity contribution < 1.29 is 22.8 Å². The normalized spacial score (nSPS) is 11.5. The fourth-order valence-electron chi connectivity index (χ4n) is 18.5. The molecule has 0 aliphatic carbocycles. The van der Waals surface area contributed by atoms with Gasteiger partial charge in [-0.25, -0.2) is 22.8 Å². The minimum atomic E-state index is 0.260. The summed E-state index contributed by atoms with van der Waals surface area (Å²) in [7, 11) is 10.5. The molecule has 0 radical (unpaired) electrons. The molecule has 20 rings (SSSR count). The summed E-state index contributed by atoms with van der Waals surface area (Å²) < 4.78 is 11.0. The fraction of sp³-hybridized carbons (Fsp3) is 0.211. The number of hydrogen-bond acceptors (Lipinski definition) is 5. The van der Waals surface area contributed by atoms with Crippen LogP contribution in [0.3, 0.4) is 0 Å². The van der Waals surface area contributed by atoms with Gasteiger partial charge < -0.3 is 0 Å². The first-order valence-electron chi connectivity index (χ1n) is 43.3. The van der Waals surface area contributed by atoms with Gasteiger partial charge in [0.1, 0.15) is 35.2 Å². The maximum atomic E-state index is 5.07. The smallest absolute Gasteiger partial charge is 0.215 e. The van der Waals surface area contributed by atoms with Crippen molar-refractivity contribution in [3.63, 3.8) is 0 Å². The van der Waals surface area contributed by atoms with E-state index < -0.39 is 0 Å². The van der Waals surface area contributed by atoms with E-state index in [1.165, 1.54) is 193 Å². The van der Waals surface area contributed by atoms with E-state index in [9.17, 15) is 0 Å². The van der Waals surface area contributed by atoms with Crippen molar-refractivity contribution >= 4 is 108 Å². The highest BCUT2D eigenvalue weighted by atomic mass is 14.9.